The normalized spacial score (nSPS) is 41.7. The molecule has 17 heavy (non-hydrogen) atoms. The minimum atomic E-state index is -0.918. The SMILES string of the molecule is CC1OCCC1(O)CNC(=O)C1CCCC1N. The van der Waals surface area contributed by atoms with Crippen molar-refractivity contribution in [3.8, 4) is 0 Å². The first kappa shape index (κ1) is 12.8. The molecule has 4 unspecified atom stereocenters. The van der Waals surface area contributed by atoms with E-state index in [1.54, 1.807) is 0 Å². The maximum Gasteiger partial charge on any atom is 0.224 e. The van der Waals surface area contributed by atoms with E-state index in [2.05, 4.69) is 5.32 Å². The van der Waals surface area contributed by atoms with Gasteiger partial charge in [0, 0.05) is 25.6 Å². The van der Waals surface area contributed by atoms with E-state index in [1.807, 2.05) is 6.92 Å². The van der Waals surface area contributed by atoms with Crippen LogP contribution in [0.25, 0.3) is 0 Å². The smallest absolute Gasteiger partial charge is 0.224 e. The summed E-state index contributed by atoms with van der Waals surface area (Å²) in [6.45, 7) is 2.65. The molecule has 98 valence electrons. The number of ether oxygens (including phenoxy) is 1. The van der Waals surface area contributed by atoms with Crippen LogP contribution in [0.2, 0.25) is 0 Å². The largest absolute Gasteiger partial charge is 0.385 e. The zero-order valence-corrected chi connectivity index (χ0v) is 10.3. The van der Waals surface area contributed by atoms with Crippen LogP contribution < -0.4 is 11.1 Å². The monoisotopic (exact) mass is 242 g/mol. The molecule has 0 aromatic rings. The third-order valence-electron chi connectivity index (χ3n) is 4.13. The summed E-state index contributed by atoms with van der Waals surface area (Å²) in [7, 11) is 0. The van der Waals surface area contributed by atoms with Gasteiger partial charge in [-0.05, 0) is 19.8 Å². The van der Waals surface area contributed by atoms with Crippen LogP contribution >= 0.6 is 0 Å². The predicted molar refractivity (Wildman–Crippen MR) is 63.3 cm³/mol. The van der Waals surface area contributed by atoms with Crippen molar-refractivity contribution in [2.75, 3.05) is 13.2 Å². The van der Waals surface area contributed by atoms with Gasteiger partial charge in [0.05, 0.1) is 12.0 Å². The number of carbonyl (C=O) groups excluding carboxylic acids is 1. The number of aliphatic hydroxyl groups is 1. The number of rotatable bonds is 3. The van der Waals surface area contributed by atoms with Gasteiger partial charge in [-0.15, -0.1) is 0 Å². The van der Waals surface area contributed by atoms with E-state index in [9.17, 15) is 9.90 Å². The molecule has 5 heteroatoms. The van der Waals surface area contributed by atoms with E-state index in [0.717, 1.165) is 19.3 Å². The number of carbonyl (C=O) groups is 1. The second kappa shape index (κ2) is 4.92. The first-order valence-electron chi connectivity index (χ1n) is 6.40. The minimum Gasteiger partial charge on any atom is -0.385 e. The van der Waals surface area contributed by atoms with Crippen LogP contribution in [-0.2, 0) is 9.53 Å². The van der Waals surface area contributed by atoms with Gasteiger partial charge in [0.25, 0.3) is 0 Å². The fraction of sp³-hybridized carbons (Fsp3) is 0.917. The Morgan fingerprint density at radius 1 is 1.59 bits per heavy atom. The highest BCUT2D eigenvalue weighted by Crippen LogP contribution is 2.26. The molecule has 1 heterocycles. The Balaban J connectivity index is 1.83. The minimum absolute atomic E-state index is 0.0254. The highest BCUT2D eigenvalue weighted by Gasteiger charge is 2.40. The van der Waals surface area contributed by atoms with Crippen LogP contribution in [0.15, 0.2) is 0 Å². The fourth-order valence-electron chi connectivity index (χ4n) is 2.69. The van der Waals surface area contributed by atoms with Crippen molar-refractivity contribution in [2.45, 2.75) is 50.4 Å². The van der Waals surface area contributed by atoms with Gasteiger partial charge in [0.2, 0.25) is 5.91 Å². The standard InChI is InChI=1S/C12H22N2O3/c1-8-12(16,5-6-17-8)7-14-11(15)9-3-2-4-10(9)13/h8-10,16H,2-7,13H2,1H3,(H,14,15). The van der Waals surface area contributed by atoms with Crippen molar-refractivity contribution >= 4 is 5.91 Å². The molecule has 4 atom stereocenters. The quantitative estimate of drug-likeness (QED) is 0.638. The zero-order valence-electron chi connectivity index (χ0n) is 10.3. The molecule has 5 nitrogen and oxygen atoms in total. The summed E-state index contributed by atoms with van der Waals surface area (Å²) in [5.74, 6) is -0.112. The summed E-state index contributed by atoms with van der Waals surface area (Å²) in [5, 5.41) is 13.1. The Morgan fingerprint density at radius 2 is 2.35 bits per heavy atom. The summed E-state index contributed by atoms with van der Waals surface area (Å²) >= 11 is 0. The molecule has 2 rings (SSSR count). The highest BCUT2D eigenvalue weighted by molar-refractivity contribution is 5.79. The van der Waals surface area contributed by atoms with E-state index < -0.39 is 5.60 Å². The molecule has 4 N–H and O–H groups in total. The van der Waals surface area contributed by atoms with E-state index >= 15 is 0 Å². The summed E-state index contributed by atoms with van der Waals surface area (Å²) in [6.07, 6.45) is 3.15. The second-order valence-electron chi connectivity index (χ2n) is 5.29. The molecule has 1 aliphatic heterocycles. The third kappa shape index (κ3) is 2.61. The van der Waals surface area contributed by atoms with Gasteiger partial charge < -0.3 is 20.9 Å². The van der Waals surface area contributed by atoms with Gasteiger partial charge in [0.1, 0.15) is 5.60 Å². The van der Waals surface area contributed by atoms with Crippen LogP contribution in [0.5, 0.6) is 0 Å². The van der Waals surface area contributed by atoms with Crippen molar-refractivity contribution in [2.24, 2.45) is 11.7 Å². The molecule has 2 fully saturated rings. The first-order valence-corrected chi connectivity index (χ1v) is 6.40. The van der Waals surface area contributed by atoms with Gasteiger partial charge in [-0.3, -0.25) is 4.79 Å². The highest BCUT2D eigenvalue weighted by atomic mass is 16.5. The maximum atomic E-state index is 11.9. The maximum absolute atomic E-state index is 11.9. The Labute approximate surface area is 102 Å². The molecule has 0 radical (unpaired) electrons. The van der Waals surface area contributed by atoms with E-state index in [0.29, 0.717) is 13.0 Å². The van der Waals surface area contributed by atoms with Crippen molar-refractivity contribution in [1.82, 2.24) is 5.32 Å². The van der Waals surface area contributed by atoms with Crippen LogP contribution in [0.4, 0.5) is 0 Å². The second-order valence-corrected chi connectivity index (χ2v) is 5.29. The van der Waals surface area contributed by atoms with Crippen LogP contribution in [0, 0.1) is 5.92 Å². The van der Waals surface area contributed by atoms with E-state index in [-0.39, 0.29) is 30.5 Å². The molecular weight excluding hydrogens is 220 g/mol. The lowest BCUT2D eigenvalue weighted by molar-refractivity contribution is -0.127. The van der Waals surface area contributed by atoms with Crippen molar-refractivity contribution in [3.63, 3.8) is 0 Å². The Morgan fingerprint density at radius 3 is 2.88 bits per heavy atom. The number of nitrogens with one attached hydrogen (secondary N) is 1. The van der Waals surface area contributed by atoms with E-state index in [1.165, 1.54) is 0 Å². The van der Waals surface area contributed by atoms with Crippen LogP contribution in [0.3, 0.4) is 0 Å². The lowest BCUT2D eigenvalue weighted by Gasteiger charge is -2.27. The molecular formula is C12H22N2O3. The van der Waals surface area contributed by atoms with Crippen molar-refractivity contribution in [1.29, 1.82) is 0 Å². The summed E-state index contributed by atoms with van der Waals surface area (Å²) < 4.78 is 5.32. The topological polar surface area (TPSA) is 84.6 Å². The van der Waals surface area contributed by atoms with Gasteiger partial charge in [-0.25, -0.2) is 0 Å². The number of nitrogens with two attached hydrogens (primary N) is 1. The summed E-state index contributed by atoms with van der Waals surface area (Å²) in [5.41, 5.74) is 4.96. The van der Waals surface area contributed by atoms with Gasteiger partial charge in [0.15, 0.2) is 0 Å². The fourth-order valence-corrected chi connectivity index (χ4v) is 2.69. The zero-order chi connectivity index (χ0) is 12.5. The van der Waals surface area contributed by atoms with Gasteiger partial charge in [-0.1, -0.05) is 6.42 Å². The summed E-state index contributed by atoms with van der Waals surface area (Å²) in [6, 6.07) is -0.0260. The van der Waals surface area contributed by atoms with Crippen molar-refractivity contribution < 1.29 is 14.6 Å². The van der Waals surface area contributed by atoms with E-state index in [4.69, 9.17) is 10.5 Å². The summed E-state index contributed by atoms with van der Waals surface area (Å²) in [4.78, 5) is 11.9. The number of amides is 1. The molecule has 1 saturated carbocycles. The van der Waals surface area contributed by atoms with Crippen molar-refractivity contribution in [3.05, 3.63) is 0 Å². The van der Waals surface area contributed by atoms with Gasteiger partial charge >= 0.3 is 0 Å². The van der Waals surface area contributed by atoms with Crippen LogP contribution in [-0.4, -0.2) is 41.9 Å². The lowest BCUT2D eigenvalue weighted by Crippen LogP contribution is -2.50. The number of hydrogen-bond acceptors (Lipinski definition) is 4. The lowest BCUT2D eigenvalue weighted by atomic mass is 9.96. The average molecular weight is 242 g/mol. The molecule has 2 aliphatic rings. The predicted octanol–water partition coefficient (Wildman–Crippen LogP) is -0.230. The Kier molecular flexibility index (Phi) is 3.70. The molecule has 1 saturated heterocycles. The molecule has 0 aromatic heterocycles. The van der Waals surface area contributed by atoms with Crippen LogP contribution in [0.1, 0.15) is 32.6 Å². The molecule has 0 bridgehead atoms. The third-order valence-corrected chi connectivity index (χ3v) is 4.13. The number of hydrogen-bond donors (Lipinski definition) is 3. The molecule has 0 aromatic carbocycles. The molecule has 1 aliphatic carbocycles. The molecule has 1 amide bonds. The Hall–Kier alpha value is -0.650. The molecule has 0 spiro atoms. The average Bonchev–Trinajstić information content (AvgIpc) is 2.84. The van der Waals surface area contributed by atoms with Gasteiger partial charge in [-0.2, -0.15) is 0 Å². The first-order chi connectivity index (χ1) is 8.03. The Bertz CT molecular complexity index is 297.